The number of fused-ring (bicyclic) bond motifs is 1. The van der Waals surface area contributed by atoms with Crippen LogP contribution >= 0.6 is 59.4 Å². The fraction of sp³-hybridized carbons (Fsp3) is 0.0417. The minimum absolute atomic E-state index is 0.142. The number of nitrogens with zero attached hydrogens (tertiary/aromatic N) is 1. The van der Waals surface area contributed by atoms with E-state index < -0.39 is 17.7 Å². The quantitative estimate of drug-likeness (QED) is 0.206. The number of halogens is 4. The van der Waals surface area contributed by atoms with Crippen molar-refractivity contribution in [1.29, 1.82) is 0 Å². The molecule has 4 rings (SSSR count). The molecular weight excluding hydrogens is 667 g/mol. The molecule has 0 unspecified atom stereocenters. The van der Waals surface area contributed by atoms with Crippen molar-refractivity contribution in [1.82, 2.24) is 4.68 Å². The van der Waals surface area contributed by atoms with Crippen LogP contribution in [-0.2, 0) is 9.59 Å². The lowest BCUT2D eigenvalue weighted by atomic mass is 10.2. The van der Waals surface area contributed by atoms with Crippen molar-refractivity contribution in [3.05, 3.63) is 90.4 Å². The maximum absolute atomic E-state index is 13.2. The maximum atomic E-state index is 13.2. The largest absolute Gasteiger partial charge is 0.328 e. The number of anilines is 2. The number of hydrogen-bond acceptors (Lipinski definition) is 3. The highest BCUT2D eigenvalue weighted by atomic mass is 79.9. The first-order chi connectivity index (χ1) is 16.6. The molecule has 0 aliphatic rings. The summed E-state index contributed by atoms with van der Waals surface area (Å²) in [5.41, 5.74) is 4.95. The lowest BCUT2D eigenvalue weighted by Crippen LogP contribution is -2.36. The number of amides is 3. The summed E-state index contributed by atoms with van der Waals surface area (Å²) < 4.78 is 3.70. The second-order valence-electron chi connectivity index (χ2n) is 7.50. The Balaban J connectivity index is 1.64. The van der Waals surface area contributed by atoms with Crippen LogP contribution in [-0.4, -0.2) is 22.4 Å². The van der Waals surface area contributed by atoms with Crippen molar-refractivity contribution >= 4 is 99.4 Å². The molecule has 3 amide bonds. The van der Waals surface area contributed by atoms with Crippen LogP contribution in [0.3, 0.4) is 0 Å². The molecule has 1 aromatic heterocycles. The predicted octanol–water partition coefficient (Wildman–Crippen LogP) is 6.85. The van der Waals surface area contributed by atoms with Crippen LogP contribution in [0.15, 0.2) is 74.1 Å². The van der Waals surface area contributed by atoms with Crippen molar-refractivity contribution in [3.8, 4) is 0 Å². The highest BCUT2D eigenvalue weighted by molar-refractivity contribution is 9.11. The molecular formula is C24H16Br3ClN4O3. The number of aryl methyl sites for hydroxylation is 1. The number of carbonyl (C=O) groups is 3. The van der Waals surface area contributed by atoms with E-state index in [0.29, 0.717) is 16.6 Å². The predicted molar refractivity (Wildman–Crippen MR) is 149 cm³/mol. The van der Waals surface area contributed by atoms with E-state index in [2.05, 4.69) is 63.8 Å². The molecule has 0 spiro atoms. The van der Waals surface area contributed by atoms with Gasteiger partial charge in [0, 0.05) is 24.5 Å². The van der Waals surface area contributed by atoms with E-state index in [1.807, 2.05) is 19.1 Å². The van der Waals surface area contributed by atoms with Gasteiger partial charge in [0.2, 0.25) is 0 Å². The maximum Gasteiger partial charge on any atom is 0.328 e. The molecule has 0 aliphatic heterocycles. The first kappa shape index (κ1) is 25.4. The van der Waals surface area contributed by atoms with Crippen LogP contribution in [0.2, 0.25) is 5.02 Å². The number of rotatable bonds is 4. The summed E-state index contributed by atoms with van der Waals surface area (Å²) in [7, 11) is 0. The molecule has 0 fully saturated rings. The van der Waals surface area contributed by atoms with Crippen molar-refractivity contribution < 1.29 is 14.4 Å². The molecule has 0 bridgehead atoms. The molecule has 0 radical (unpaired) electrons. The summed E-state index contributed by atoms with van der Waals surface area (Å²) in [6, 6.07) is 17.2. The Kier molecular flexibility index (Phi) is 7.65. The fourth-order valence-corrected chi connectivity index (χ4v) is 4.92. The third kappa shape index (κ3) is 5.78. The van der Waals surface area contributed by atoms with E-state index in [9.17, 15) is 14.4 Å². The highest BCUT2D eigenvalue weighted by Crippen LogP contribution is 2.27. The summed E-state index contributed by atoms with van der Waals surface area (Å²) in [5.74, 6) is -2.37. The molecule has 7 nitrogen and oxygen atoms in total. The minimum Gasteiger partial charge on any atom is -0.320 e. The smallest absolute Gasteiger partial charge is 0.320 e. The number of carbonyl (C=O) groups excluding carboxylic acids is 3. The first-order valence-corrected chi connectivity index (χ1v) is 12.8. The summed E-state index contributed by atoms with van der Waals surface area (Å²) in [5, 5.41) is 6.29. The van der Waals surface area contributed by atoms with Crippen molar-refractivity contribution in [2.75, 3.05) is 16.1 Å². The summed E-state index contributed by atoms with van der Waals surface area (Å²) in [6.45, 7) is 1.87. The SMILES string of the molecule is Cc1cc(Br)ccc1NC(=O)c1cc2cc(Br)ccc2n1NC(=O)C(=O)Nc1ccc(Br)cc1Cl. The molecule has 35 heavy (non-hydrogen) atoms. The lowest BCUT2D eigenvalue weighted by Gasteiger charge is -2.14. The van der Waals surface area contributed by atoms with E-state index in [0.717, 1.165) is 19.0 Å². The van der Waals surface area contributed by atoms with E-state index in [4.69, 9.17) is 11.6 Å². The zero-order chi connectivity index (χ0) is 25.3. The molecule has 0 saturated heterocycles. The standard InChI is InChI=1S/C24H16Br3ClN4O3/c1-12-8-14(25)2-5-18(12)29-22(33)21-10-13-9-15(26)4-7-20(13)32(21)31-24(35)23(34)30-19-6-3-16(27)11-17(19)28/h2-11H,1H3,(H,29,33)(H,30,34)(H,31,35). The Bertz CT molecular complexity index is 1500. The second kappa shape index (κ2) is 10.5. The van der Waals surface area contributed by atoms with Gasteiger partial charge in [-0.2, -0.15) is 0 Å². The zero-order valence-electron chi connectivity index (χ0n) is 18.0. The van der Waals surface area contributed by atoms with Crippen LogP contribution in [0, 0.1) is 6.92 Å². The Morgan fingerprint density at radius 3 is 2.09 bits per heavy atom. The van der Waals surface area contributed by atoms with Gasteiger partial charge in [0.15, 0.2) is 0 Å². The lowest BCUT2D eigenvalue weighted by molar-refractivity contribution is -0.133. The molecule has 3 aromatic carbocycles. The van der Waals surface area contributed by atoms with Crippen molar-refractivity contribution in [2.45, 2.75) is 6.92 Å². The van der Waals surface area contributed by atoms with Gasteiger partial charge < -0.3 is 10.6 Å². The number of nitrogens with one attached hydrogen (secondary N) is 3. The van der Waals surface area contributed by atoms with Gasteiger partial charge >= 0.3 is 11.8 Å². The molecule has 3 N–H and O–H groups in total. The number of aromatic nitrogens is 1. The molecule has 0 aliphatic carbocycles. The molecule has 1 heterocycles. The van der Waals surface area contributed by atoms with E-state index in [-0.39, 0.29) is 16.4 Å². The van der Waals surface area contributed by atoms with Crippen LogP contribution in [0.25, 0.3) is 10.9 Å². The van der Waals surface area contributed by atoms with Crippen LogP contribution in [0.1, 0.15) is 16.1 Å². The molecule has 0 saturated carbocycles. The summed E-state index contributed by atoms with van der Waals surface area (Å²) in [6.07, 6.45) is 0. The minimum atomic E-state index is -0.974. The van der Waals surface area contributed by atoms with E-state index >= 15 is 0 Å². The van der Waals surface area contributed by atoms with Crippen molar-refractivity contribution in [3.63, 3.8) is 0 Å². The van der Waals surface area contributed by atoms with Gasteiger partial charge in [-0.05, 0) is 73.2 Å². The Morgan fingerprint density at radius 2 is 1.40 bits per heavy atom. The summed E-state index contributed by atoms with van der Waals surface area (Å²) in [4.78, 5) is 38.6. The fourth-order valence-electron chi connectivity index (χ4n) is 3.35. The zero-order valence-corrected chi connectivity index (χ0v) is 23.5. The van der Waals surface area contributed by atoms with E-state index in [1.165, 1.54) is 4.68 Å². The van der Waals surface area contributed by atoms with Gasteiger partial charge in [0.1, 0.15) is 5.69 Å². The molecule has 4 aromatic rings. The normalized spacial score (nSPS) is 10.8. The topological polar surface area (TPSA) is 92.2 Å². The molecule has 0 atom stereocenters. The third-order valence-corrected chi connectivity index (χ3v) is 6.82. The van der Waals surface area contributed by atoms with Gasteiger partial charge in [0.05, 0.1) is 16.2 Å². The van der Waals surface area contributed by atoms with Gasteiger partial charge in [-0.15, -0.1) is 0 Å². The van der Waals surface area contributed by atoms with Gasteiger partial charge in [-0.25, -0.2) is 4.68 Å². The van der Waals surface area contributed by atoms with Crippen LogP contribution in [0.4, 0.5) is 11.4 Å². The van der Waals surface area contributed by atoms with Gasteiger partial charge in [-0.1, -0.05) is 59.4 Å². The van der Waals surface area contributed by atoms with Gasteiger partial charge in [0.25, 0.3) is 5.91 Å². The van der Waals surface area contributed by atoms with E-state index in [1.54, 1.807) is 48.5 Å². The monoisotopic (exact) mass is 680 g/mol. The Labute approximate surface area is 230 Å². The number of benzene rings is 3. The Hall–Kier alpha value is -2.66. The second-order valence-corrected chi connectivity index (χ2v) is 10.7. The molecule has 178 valence electrons. The average molecular weight is 684 g/mol. The van der Waals surface area contributed by atoms with Crippen LogP contribution < -0.4 is 16.1 Å². The Morgan fingerprint density at radius 1 is 0.771 bits per heavy atom. The first-order valence-electron chi connectivity index (χ1n) is 10.1. The third-order valence-electron chi connectivity index (χ3n) is 5.03. The van der Waals surface area contributed by atoms with Crippen LogP contribution in [0.5, 0.6) is 0 Å². The summed E-state index contributed by atoms with van der Waals surface area (Å²) >= 11 is 16.2. The molecule has 11 heteroatoms. The highest BCUT2D eigenvalue weighted by Gasteiger charge is 2.22. The average Bonchev–Trinajstić information content (AvgIpc) is 3.14. The van der Waals surface area contributed by atoms with Crippen molar-refractivity contribution in [2.24, 2.45) is 0 Å². The number of hydrogen-bond donors (Lipinski definition) is 3. The van der Waals surface area contributed by atoms with Gasteiger partial charge in [-0.3, -0.25) is 19.8 Å².